The first-order chi connectivity index (χ1) is 12.4. The van der Waals surface area contributed by atoms with Crippen molar-refractivity contribution in [2.24, 2.45) is 5.73 Å². The number of hydrogen-bond acceptors (Lipinski definition) is 5. The molecule has 9 heteroatoms. The summed E-state index contributed by atoms with van der Waals surface area (Å²) < 4.78 is 47.8. The molecule has 1 aromatic carbocycles. The molecule has 0 radical (unpaired) electrons. The van der Waals surface area contributed by atoms with E-state index in [2.05, 4.69) is 0 Å². The summed E-state index contributed by atoms with van der Waals surface area (Å²) in [7, 11) is 0. The lowest BCUT2D eigenvalue weighted by Crippen LogP contribution is -2.28. The van der Waals surface area contributed by atoms with Crippen LogP contribution in [-0.2, 0) is 0 Å². The van der Waals surface area contributed by atoms with Crippen LogP contribution < -0.4 is 26.5 Å². The van der Waals surface area contributed by atoms with Crippen molar-refractivity contribution in [2.75, 3.05) is 23.7 Å². The van der Waals surface area contributed by atoms with Crippen LogP contribution in [0.15, 0.2) is 17.1 Å². The Morgan fingerprint density at radius 3 is 2.58 bits per heavy atom. The van der Waals surface area contributed by atoms with E-state index in [1.807, 2.05) is 0 Å². The number of nitrogen functional groups attached to an aromatic ring is 1. The lowest BCUT2D eigenvalue weighted by molar-refractivity contribution is -0.0488. The molecule has 1 atom stereocenters. The first-order valence-electron chi connectivity index (χ1n) is 8.49. The van der Waals surface area contributed by atoms with E-state index in [0.29, 0.717) is 19.5 Å². The molecule has 2 aliphatic rings. The number of aromatic nitrogens is 1. The summed E-state index contributed by atoms with van der Waals surface area (Å²) in [5.74, 6) is -1.27. The molecule has 1 aromatic heterocycles. The quantitative estimate of drug-likeness (QED) is 0.808. The number of alkyl halides is 2. The van der Waals surface area contributed by atoms with Gasteiger partial charge in [-0.05, 0) is 19.3 Å². The summed E-state index contributed by atoms with van der Waals surface area (Å²) in [6, 6.07) is 1.12. The molecule has 4 rings (SSSR count). The molecule has 1 aliphatic heterocycles. The Morgan fingerprint density at radius 2 is 2.00 bits per heavy atom. The van der Waals surface area contributed by atoms with Crippen LogP contribution in [-0.4, -0.2) is 30.3 Å². The second-order valence-corrected chi connectivity index (χ2v) is 6.82. The van der Waals surface area contributed by atoms with Gasteiger partial charge in [0.15, 0.2) is 17.0 Å². The van der Waals surface area contributed by atoms with Gasteiger partial charge in [0.1, 0.15) is 5.69 Å². The molecule has 0 spiro atoms. The van der Waals surface area contributed by atoms with Gasteiger partial charge in [0, 0.05) is 37.4 Å². The van der Waals surface area contributed by atoms with Crippen molar-refractivity contribution in [3.8, 4) is 5.75 Å². The molecule has 26 heavy (non-hydrogen) atoms. The Kier molecular flexibility index (Phi) is 3.98. The summed E-state index contributed by atoms with van der Waals surface area (Å²) in [4.78, 5) is 13.9. The van der Waals surface area contributed by atoms with Crippen LogP contribution in [0, 0.1) is 5.82 Å². The lowest BCUT2D eigenvalue weighted by Gasteiger charge is -2.25. The molecule has 1 unspecified atom stereocenters. The van der Waals surface area contributed by atoms with Gasteiger partial charge in [0.05, 0.1) is 16.6 Å². The zero-order valence-electron chi connectivity index (χ0n) is 13.9. The van der Waals surface area contributed by atoms with Gasteiger partial charge in [-0.2, -0.15) is 8.78 Å². The van der Waals surface area contributed by atoms with E-state index in [4.69, 9.17) is 16.2 Å². The van der Waals surface area contributed by atoms with Crippen LogP contribution in [0.1, 0.15) is 25.3 Å². The van der Waals surface area contributed by atoms with Crippen LogP contribution in [0.3, 0.4) is 0 Å². The molecule has 1 aliphatic carbocycles. The average Bonchev–Trinajstić information content (AvgIpc) is 3.33. The Labute approximate surface area is 147 Å². The Bertz CT molecular complexity index is 927. The molecule has 1 saturated carbocycles. The number of nitrogens with two attached hydrogens (primary N) is 2. The summed E-state index contributed by atoms with van der Waals surface area (Å²) >= 11 is 0. The number of hydrogen-bond donors (Lipinski definition) is 2. The van der Waals surface area contributed by atoms with Crippen molar-refractivity contribution in [1.29, 1.82) is 0 Å². The van der Waals surface area contributed by atoms with Crippen molar-refractivity contribution < 1.29 is 17.9 Å². The highest BCUT2D eigenvalue weighted by Gasteiger charge is 2.34. The predicted molar refractivity (Wildman–Crippen MR) is 92.3 cm³/mol. The Hall–Kier alpha value is -2.42. The summed E-state index contributed by atoms with van der Waals surface area (Å²) in [5.41, 5.74) is 10.9. The van der Waals surface area contributed by atoms with Crippen LogP contribution in [0.5, 0.6) is 5.75 Å². The topological polar surface area (TPSA) is 86.5 Å². The SMILES string of the molecule is Nc1c(F)c(N2CCC(N)C2)c(OC(F)F)c2c1c(=O)ccn2C1CC1. The predicted octanol–water partition coefficient (Wildman–Crippen LogP) is 2.20. The fourth-order valence-electron chi connectivity index (χ4n) is 3.62. The van der Waals surface area contributed by atoms with Crippen LogP contribution in [0.4, 0.5) is 24.5 Å². The third kappa shape index (κ3) is 2.66. The van der Waals surface area contributed by atoms with E-state index < -0.39 is 17.9 Å². The lowest BCUT2D eigenvalue weighted by atomic mass is 10.1. The Balaban J connectivity index is 2.07. The number of benzene rings is 1. The second kappa shape index (κ2) is 6.08. The number of rotatable bonds is 4. The smallest absolute Gasteiger partial charge is 0.387 e. The van der Waals surface area contributed by atoms with Crippen LogP contribution >= 0.6 is 0 Å². The standard InChI is InChI=1S/C17H19F3N4O2/c18-12-13(22)11-10(25)4-6-24(9-1-2-9)14(11)16(26-17(19)20)15(12)23-5-3-8(21)7-23/h4,6,8-9,17H,1-3,5,7,21-22H2. The van der Waals surface area contributed by atoms with Crippen LogP contribution in [0.25, 0.3) is 10.9 Å². The molecule has 0 bridgehead atoms. The molecule has 0 amide bonds. The van der Waals surface area contributed by atoms with Crippen molar-refractivity contribution in [3.05, 3.63) is 28.3 Å². The van der Waals surface area contributed by atoms with Crippen molar-refractivity contribution in [3.63, 3.8) is 0 Å². The Morgan fingerprint density at radius 1 is 1.27 bits per heavy atom. The average molecular weight is 368 g/mol. The highest BCUT2D eigenvalue weighted by atomic mass is 19.3. The van der Waals surface area contributed by atoms with Gasteiger partial charge in [-0.15, -0.1) is 0 Å². The van der Waals surface area contributed by atoms with E-state index in [-0.39, 0.29) is 40.1 Å². The fraction of sp³-hybridized carbons (Fsp3) is 0.471. The monoisotopic (exact) mass is 368 g/mol. The molecule has 140 valence electrons. The molecule has 2 fully saturated rings. The van der Waals surface area contributed by atoms with Gasteiger partial charge >= 0.3 is 6.61 Å². The number of fused-ring (bicyclic) bond motifs is 1. The zero-order valence-corrected chi connectivity index (χ0v) is 13.9. The third-order valence-electron chi connectivity index (χ3n) is 4.96. The maximum absolute atomic E-state index is 15.1. The maximum Gasteiger partial charge on any atom is 0.387 e. The molecule has 1 saturated heterocycles. The van der Waals surface area contributed by atoms with Crippen LogP contribution in [0.2, 0.25) is 0 Å². The molecule has 2 heterocycles. The summed E-state index contributed by atoms with van der Waals surface area (Å²) in [5, 5.41) is -0.125. The minimum Gasteiger partial charge on any atom is -0.430 e. The van der Waals surface area contributed by atoms with Gasteiger partial charge in [0.2, 0.25) is 0 Å². The zero-order chi connectivity index (χ0) is 18.6. The highest BCUT2D eigenvalue weighted by Crippen LogP contribution is 2.46. The number of pyridine rings is 1. The number of anilines is 2. The minimum atomic E-state index is -3.17. The highest BCUT2D eigenvalue weighted by molar-refractivity contribution is 6.00. The molecule has 2 aromatic rings. The van der Waals surface area contributed by atoms with Crippen molar-refractivity contribution >= 4 is 22.3 Å². The number of halogens is 3. The van der Waals surface area contributed by atoms with Gasteiger partial charge in [-0.3, -0.25) is 4.79 Å². The van der Waals surface area contributed by atoms with E-state index in [1.165, 1.54) is 12.3 Å². The van der Waals surface area contributed by atoms with Crippen molar-refractivity contribution in [1.82, 2.24) is 4.57 Å². The second-order valence-electron chi connectivity index (χ2n) is 6.82. The maximum atomic E-state index is 15.1. The van der Waals surface area contributed by atoms with E-state index >= 15 is 4.39 Å². The first kappa shape index (κ1) is 17.0. The number of nitrogens with zero attached hydrogens (tertiary/aromatic N) is 2. The van der Waals surface area contributed by atoms with Crippen molar-refractivity contribution in [2.45, 2.75) is 38.0 Å². The van der Waals surface area contributed by atoms with E-state index in [1.54, 1.807) is 9.47 Å². The number of ether oxygens (including phenoxy) is 1. The largest absolute Gasteiger partial charge is 0.430 e. The molecular formula is C17H19F3N4O2. The minimum absolute atomic E-state index is 0.0525. The summed E-state index contributed by atoms with van der Waals surface area (Å²) in [6.45, 7) is -2.48. The normalized spacial score (nSPS) is 20.3. The summed E-state index contributed by atoms with van der Waals surface area (Å²) in [6.07, 6.45) is 3.80. The van der Waals surface area contributed by atoms with E-state index in [0.717, 1.165) is 12.8 Å². The third-order valence-corrected chi connectivity index (χ3v) is 4.96. The van der Waals surface area contributed by atoms with Gasteiger partial charge in [0.25, 0.3) is 0 Å². The van der Waals surface area contributed by atoms with Gasteiger partial charge < -0.3 is 25.7 Å². The first-order valence-corrected chi connectivity index (χ1v) is 8.49. The molecule has 6 nitrogen and oxygen atoms in total. The van der Waals surface area contributed by atoms with Gasteiger partial charge in [-0.1, -0.05) is 0 Å². The fourth-order valence-corrected chi connectivity index (χ4v) is 3.62. The molecular weight excluding hydrogens is 349 g/mol. The van der Waals surface area contributed by atoms with Gasteiger partial charge in [-0.25, -0.2) is 4.39 Å². The molecule has 4 N–H and O–H groups in total. The van der Waals surface area contributed by atoms with E-state index in [9.17, 15) is 13.6 Å².